The second kappa shape index (κ2) is 13.8. The highest BCUT2D eigenvalue weighted by Crippen LogP contribution is 2.69. The van der Waals surface area contributed by atoms with Gasteiger partial charge in [0.25, 0.3) is 0 Å². The molecule has 5 rings (SSSR count). The van der Waals surface area contributed by atoms with Gasteiger partial charge in [0.2, 0.25) is 0 Å². The quantitative estimate of drug-likeness (QED) is 0.213. The van der Waals surface area contributed by atoms with Gasteiger partial charge in [-0.15, -0.1) is 0 Å². The predicted molar refractivity (Wildman–Crippen MR) is 177 cm³/mol. The van der Waals surface area contributed by atoms with Crippen LogP contribution in [0.2, 0.25) is 0 Å². The number of hydrogen-bond donors (Lipinski definition) is 4. The monoisotopic (exact) mass is 765 g/mol. The number of esters is 6. The number of aliphatic hydroxyl groups is 4. The van der Waals surface area contributed by atoms with E-state index in [0.29, 0.717) is 0 Å². The Balaban J connectivity index is 1.94. The molecule has 54 heavy (non-hydrogen) atoms. The minimum Gasteiger partial charge on any atom is -0.459 e. The number of nitrogens with zero attached hydrogens (tertiary/aromatic N) is 1. The summed E-state index contributed by atoms with van der Waals surface area (Å²) in [5.41, 5.74) is -12.5. The van der Waals surface area contributed by atoms with E-state index in [0.717, 1.165) is 41.5 Å². The van der Waals surface area contributed by atoms with Crippen LogP contribution in [0, 0.1) is 17.3 Å². The number of aromatic nitrogens is 1. The summed E-state index contributed by atoms with van der Waals surface area (Å²) in [4.78, 5) is 84.7. The van der Waals surface area contributed by atoms with Crippen molar-refractivity contribution in [1.82, 2.24) is 4.98 Å². The lowest BCUT2D eigenvalue weighted by Gasteiger charge is -2.67. The van der Waals surface area contributed by atoms with Crippen molar-refractivity contribution in [1.29, 1.82) is 0 Å². The van der Waals surface area contributed by atoms with Crippen LogP contribution in [0.1, 0.15) is 84.3 Å². The lowest BCUT2D eigenvalue weighted by atomic mass is 9.45. The maximum atomic E-state index is 14.0. The molecular formula is C36H47NO17. The summed E-state index contributed by atoms with van der Waals surface area (Å²) in [7, 11) is 0. The topological polar surface area (TPSA) is 261 Å². The molecule has 4 N–H and O–H groups in total. The summed E-state index contributed by atoms with van der Waals surface area (Å²) in [6.45, 7) is 8.40. The molecule has 1 spiro atoms. The first-order valence-corrected chi connectivity index (χ1v) is 17.4. The fourth-order valence-corrected chi connectivity index (χ4v) is 8.85. The molecule has 4 bridgehead atoms. The summed E-state index contributed by atoms with van der Waals surface area (Å²) < 4.78 is 41.9. The Labute approximate surface area is 310 Å². The average Bonchev–Trinajstić information content (AvgIpc) is 3.29. The summed E-state index contributed by atoms with van der Waals surface area (Å²) in [5.74, 6) is -9.99. The zero-order valence-electron chi connectivity index (χ0n) is 31.4. The van der Waals surface area contributed by atoms with E-state index in [2.05, 4.69) is 4.98 Å². The Morgan fingerprint density at radius 3 is 2.09 bits per heavy atom. The van der Waals surface area contributed by atoms with Crippen LogP contribution in [0.5, 0.6) is 0 Å². The molecule has 13 unspecified atom stereocenters. The molecule has 2 aliphatic heterocycles. The van der Waals surface area contributed by atoms with Crippen LogP contribution in [0.15, 0.2) is 18.3 Å². The van der Waals surface area contributed by atoms with Gasteiger partial charge in [-0.2, -0.15) is 0 Å². The van der Waals surface area contributed by atoms with Gasteiger partial charge in [0.1, 0.15) is 47.6 Å². The molecule has 4 aliphatic rings. The summed E-state index contributed by atoms with van der Waals surface area (Å²) in [6.07, 6.45) is -11.1. The van der Waals surface area contributed by atoms with E-state index >= 15 is 0 Å². The third kappa shape index (κ3) is 6.02. The van der Waals surface area contributed by atoms with Gasteiger partial charge in [0.05, 0.1) is 29.7 Å². The molecule has 1 aromatic heterocycles. The molecule has 3 fully saturated rings. The van der Waals surface area contributed by atoms with Gasteiger partial charge in [-0.3, -0.25) is 24.2 Å². The maximum Gasteiger partial charge on any atom is 0.340 e. The van der Waals surface area contributed by atoms with Crippen molar-refractivity contribution in [2.24, 2.45) is 17.3 Å². The van der Waals surface area contributed by atoms with E-state index in [-0.39, 0.29) is 11.3 Å². The normalized spacial score (nSPS) is 40.3. The molecule has 18 heteroatoms. The average molecular weight is 766 g/mol. The molecule has 1 aromatic rings. The molecule has 298 valence electrons. The van der Waals surface area contributed by atoms with E-state index in [1.54, 1.807) is 6.92 Å². The van der Waals surface area contributed by atoms with E-state index in [9.17, 15) is 49.2 Å². The predicted octanol–water partition coefficient (Wildman–Crippen LogP) is -0.357. The first-order chi connectivity index (χ1) is 24.9. The summed E-state index contributed by atoms with van der Waals surface area (Å²) in [6, 6.07) is 2.88. The third-order valence-electron chi connectivity index (χ3n) is 11.3. The number of pyridine rings is 1. The minimum absolute atomic E-state index is 0.0404. The number of carbonyl (C=O) groups is 6. The van der Waals surface area contributed by atoms with Gasteiger partial charge < -0.3 is 53.6 Å². The number of fused-ring (bicyclic) bond motifs is 5. The van der Waals surface area contributed by atoms with Crippen LogP contribution >= 0.6 is 0 Å². The minimum atomic E-state index is -2.81. The smallest absolute Gasteiger partial charge is 0.340 e. The molecule has 3 heterocycles. The highest BCUT2D eigenvalue weighted by atomic mass is 16.7. The number of ether oxygens (including phenoxy) is 7. The SMILES string of the molecule is CC(=O)OC1C2C(OC(C)=O)C34OC2(C)COC(=O)c2cccnc2C(C)C(C)C(=O)OC(C(O)C(OC(C)=O)C3(CO)C1OC(=O)C(C)(C)O)C4(C)O. The maximum absolute atomic E-state index is 14.0. The van der Waals surface area contributed by atoms with Crippen molar-refractivity contribution < 1.29 is 82.4 Å². The van der Waals surface area contributed by atoms with Crippen LogP contribution in [-0.2, 0) is 57.1 Å². The molecule has 0 amide bonds. The molecule has 2 saturated carbocycles. The highest BCUT2D eigenvalue weighted by Gasteiger charge is 2.91. The van der Waals surface area contributed by atoms with Gasteiger partial charge in [-0.1, -0.05) is 13.8 Å². The van der Waals surface area contributed by atoms with E-state index in [4.69, 9.17) is 33.2 Å². The Bertz CT molecular complexity index is 1720. The molecule has 2 aliphatic carbocycles. The summed E-state index contributed by atoms with van der Waals surface area (Å²) >= 11 is 0. The Hall–Kier alpha value is -4.23. The molecule has 13 atom stereocenters. The van der Waals surface area contributed by atoms with Crippen molar-refractivity contribution in [3.63, 3.8) is 0 Å². The number of aliphatic hydroxyl groups excluding tert-OH is 2. The Kier molecular flexibility index (Phi) is 10.5. The van der Waals surface area contributed by atoms with Gasteiger partial charge in [0, 0.05) is 32.9 Å². The number of carbonyl (C=O) groups excluding carboxylic acids is 6. The standard InChI is InChI=1S/C36H47NO17/c1-15-16(2)29(43)52-26-23(42)27(51-19(5)41)35(13-38)28(53-31(45)32(6,7)46)24(49-17(3)39)21-25(50-18(4)40)36(35,34(26,9)47)54-33(21,8)14-48-30(44)20-11-10-12-37-22(15)20/h10-12,15-16,21,23-28,38,42,46-47H,13-14H2,1-9H3. The second-order valence-corrected chi connectivity index (χ2v) is 15.5. The van der Waals surface area contributed by atoms with Crippen LogP contribution in [0.3, 0.4) is 0 Å². The highest BCUT2D eigenvalue weighted by molar-refractivity contribution is 5.91. The van der Waals surface area contributed by atoms with Crippen LogP contribution in [-0.4, -0.2) is 133 Å². The second-order valence-electron chi connectivity index (χ2n) is 15.5. The summed E-state index contributed by atoms with van der Waals surface area (Å²) in [5, 5.41) is 47.7. The molecule has 18 nitrogen and oxygen atoms in total. The lowest BCUT2D eigenvalue weighted by molar-refractivity contribution is -0.387. The van der Waals surface area contributed by atoms with Gasteiger partial charge in [-0.05, 0) is 39.8 Å². The number of rotatable bonds is 6. The zero-order chi connectivity index (χ0) is 40.5. The van der Waals surface area contributed by atoms with E-state index in [1.807, 2.05) is 0 Å². The molecule has 1 saturated heterocycles. The molecule has 0 aromatic carbocycles. The Morgan fingerprint density at radius 1 is 0.944 bits per heavy atom. The van der Waals surface area contributed by atoms with Crippen molar-refractivity contribution >= 4 is 35.8 Å². The first-order valence-electron chi connectivity index (χ1n) is 17.4. The largest absolute Gasteiger partial charge is 0.459 e. The van der Waals surface area contributed by atoms with E-state index < -0.39 is 131 Å². The fourth-order valence-electron chi connectivity index (χ4n) is 8.85. The van der Waals surface area contributed by atoms with Gasteiger partial charge >= 0.3 is 35.8 Å². The van der Waals surface area contributed by atoms with Crippen molar-refractivity contribution in [3.05, 3.63) is 29.6 Å². The van der Waals surface area contributed by atoms with Crippen molar-refractivity contribution in [2.45, 2.75) is 127 Å². The van der Waals surface area contributed by atoms with Crippen LogP contribution in [0.4, 0.5) is 0 Å². The fraction of sp³-hybridized carbons (Fsp3) is 0.694. The lowest BCUT2D eigenvalue weighted by Crippen LogP contribution is -2.89. The Morgan fingerprint density at radius 2 is 1.54 bits per heavy atom. The third-order valence-corrected chi connectivity index (χ3v) is 11.3. The van der Waals surface area contributed by atoms with Crippen LogP contribution in [0.25, 0.3) is 0 Å². The van der Waals surface area contributed by atoms with Crippen LogP contribution < -0.4 is 0 Å². The number of hydrogen-bond acceptors (Lipinski definition) is 18. The van der Waals surface area contributed by atoms with E-state index in [1.165, 1.54) is 32.2 Å². The zero-order valence-corrected chi connectivity index (χ0v) is 31.4. The van der Waals surface area contributed by atoms with Gasteiger partial charge in [0.15, 0.2) is 23.4 Å². The first kappa shape index (κ1) is 40.9. The van der Waals surface area contributed by atoms with Crippen molar-refractivity contribution in [2.75, 3.05) is 13.2 Å². The molecular weight excluding hydrogens is 718 g/mol. The van der Waals surface area contributed by atoms with Crippen molar-refractivity contribution in [3.8, 4) is 0 Å². The number of cyclic esters (lactones) is 1. The molecule has 0 radical (unpaired) electrons. The van der Waals surface area contributed by atoms with Gasteiger partial charge in [-0.25, -0.2) is 9.59 Å².